The van der Waals surface area contributed by atoms with Crippen LogP contribution in [0.5, 0.6) is 5.88 Å². The second-order valence-electron chi connectivity index (χ2n) is 5.55. The predicted octanol–water partition coefficient (Wildman–Crippen LogP) is -0.579. The largest absolute Gasteiger partial charge is 0.481 e. The highest BCUT2D eigenvalue weighted by atomic mass is 16.5. The van der Waals surface area contributed by atoms with Gasteiger partial charge < -0.3 is 20.1 Å². The highest BCUT2D eigenvalue weighted by molar-refractivity contribution is 5.77. The van der Waals surface area contributed by atoms with Crippen LogP contribution in [-0.4, -0.2) is 83.8 Å². The second kappa shape index (κ2) is 7.37. The van der Waals surface area contributed by atoms with Crippen molar-refractivity contribution < 1.29 is 14.6 Å². The van der Waals surface area contributed by atoms with Gasteiger partial charge >= 0.3 is 0 Å². The Morgan fingerprint density at radius 3 is 3.00 bits per heavy atom. The molecular formula is C14H23N5O3. The van der Waals surface area contributed by atoms with Crippen molar-refractivity contribution in [1.29, 1.82) is 0 Å². The molecule has 1 fully saturated rings. The normalized spacial score (nSPS) is 22.2. The van der Waals surface area contributed by atoms with Crippen molar-refractivity contribution >= 4 is 11.9 Å². The van der Waals surface area contributed by atoms with Crippen LogP contribution in [-0.2, 0) is 4.79 Å². The van der Waals surface area contributed by atoms with Gasteiger partial charge in [-0.3, -0.25) is 9.69 Å². The molecule has 0 spiro atoms. The molecular weight excluding hydrogens is 286 g/mol. The van der Waals surface area contributed by atoms with Crippen molar-refractivity contribution in [3.63, 3.8) is 0 Å². The molecule has 2 N–H and O–H groups in total. The van der Waals surface area contributed by atoms with Crippen molar-refractivity contribution in [2.45, 2.75) is 18.6 Å². The van der Waals surface area contributed by atoms with E-state index in [1.54, 1.807) is 38.4 Å². The topological polar surface area (TPSA) is 90.8 Å². The Hall–Kier alpha value is -1.93. The van der Waals surface area contributed by atoms with E-state index in [2.05, 4.69) is 15.3 Å². The average Bonchev–Trinajstić information content (AvgIpc) is 2.50. The molecule has 122 valence electrons. The molecule has 0 aromatic carbocycles. The third-order valence-corrected chi connectivity index (χ3v) is 3.68. The number of nitrogens with zero attached hydrogens (tertiary/aromatic N) is 4. The number of carbonyl (C=O) groups excluding carboxylic acids is 1. The summed E-state index contributed by atoms with van der Waals surface area (Å²) in [7, 11) is 5.00. The zero-order valence-electron chi connectivity index (χ0n) is 13.2. The van der Waals surface area contributed by atoms with Gasteiger partial charge in [-0.1, -0.05) is 0 Å². The summed E-state index contributed by atoms with van der Waals surface area (Å²) in [5, 5.41) is 13.4. The molecule has 8 heteroatoms. The number of aliphatic hydroxyl groups excluding tert-OH is 1. The number of rotatable bonds is 5. The number of amides is 1. The van der Waals surface area contributed by atoms with Gasteiger partial charge in [-0.2, -0.15) is 4.98 Å². The van der Waals surface area contributed by atoms with E-state index in [1.165, 1.54) is 0 Å². The fourth-order valence-electron chi connectivity index (χ4n) is 2.33. The van der Waals surface area contributed by atoms with Gasteiger partial charge in [0.2, 0.25) is 17.7 Å². The lowest BCUT2D eigenvalue weighted by Crippen LogP contribution is -2.52. The molecule has 0 bridgehead atoms. The first-order valence-corrected chi connectivity index (χ1v) is 7.23. The van der Waals surface area contributed by atoms with Crippen LogP contribution in [0.3, 0.4) is 0 Å². The Morgan fingerprint density at radius 1 is 1.59 bits per heavy atom. The molecule has 2 heterocycles. The molecule has 2 atom stereocenters. The summed E-state index contributed by atoms with van der Waals surface area (Å²) < 4.78 is 5.05. The monoisotopic (exact) mass is 309 g/mol. The summed E-state index contributed by atoms with van der Waals surface area (Å²) >= 11 is 0. The van der Waals surface area contributed by atoms with Gasteiger partial charge in [0.25, 0.3) is 0 Å². The number of hydrogen-bond acceptors (Lipinski definition) is 7. The summed E-state index contributed by atoms with van der Waals surface area (Å²) in [6.45, 7) is 1.51. The Kier molecular flexibility index (Phi) is 5.51. The molecule has 1 aromatic rings. The first-order valence-electron chi connectivity index (χ1n) is 7.23. The summed E-state index contributed by atoms with van der Waals surface area (Å²) in [5.74, 6) is 0.942. The van der Waals surface area contributed by atoms with Crippen LogP contribution in [0, 0.1) is 0 Å². The van der Waals surface area contributed by atoms with Crippen LogP contribution in [0.1, 0.15) is 6.42 Å². The van der Waals surface area contributed by atoms with E-state index >= 15 is 0 Å². The molecule has 1 aliphatic heterocycles. The maximum atomic E-state index is 11.7. The number of anilines is 1. The Bertz CT molecular complexity index is 511. The molecule has 0 saturated carbocycles. The molecule has 1 aromatic heterocycles. The van der Waals surface area contributed by atoms with Crippen molar-refractivity contribution in [3.05, 3.63) is 12.3 Å². The molecule has 0 unspecified atom stereocenters. The van der Waals surface area contributed by atoms with Crippen molar-refractivity contribution in [2.75, 3.05) is 46.2 Å². The number of β-amino-alcohol motifs (C(OH)–C–C–N with tert-alkyl or cyclic N) is 1. The van der Waals surface area contributed by atoms with E-state index in [1.807, 2.05) is 4.90 Å². The minimum absolute atomic E-state index is 0.0368. The zero-order valence-corrected chi connectivity index (χ0v) is 13.2. The Labute approximate surface area is 130 Å². The third-order valence-electron chi connectivity index (χ3n) is 3.68. The lowest BCUT2D eigenvalue weighted by molar-refractivity contribution is -0.130. The third kappa shape index (κ3) is 4.28. The fraction of sp³-hybridized carbons (Fsp3) is 0.643. The Balaban J connectivity index is 1.89. The number of nitrogens with one attached hydrogen (secondary N) is 1. The number of methoxy groups -OCH3 is 1. The first-order chi connectivity index (χ1) is 10.5. The summed E-state index contributed by atoms with van der Waals surface area (Å²) in [4.78, 5) is 23.5. The predicted molar refractivity (Wildman–Crippen MR) is 81.8 cm³/mol. The average molecular weight is 309 g/mol. The molecule has 8 nitrogen and oxygen atoms in total. The van der Waals surface area contributed by atoms with Crippen molar-refractivity contribution in [3.8, 4) is 5.88 Å². The number of piperidine rings is 1. The van der Waals surface area contributed by atoms with Gasteiger partial charge in [0.15, 0.2) is 0 Å². The highest BCUT2D eigenvalue weighted by Crippen LogP contribution is 2.16. The van der Waals surface area contributed by atoms with Crippen LogP contribution in [0.15, 0.2) is 12.3 Å². The molecule has 22 heavy (non-hydrogen) atoms. The summed E-state index contributed by atoms with van der Waals surface area (Å²) in [6, 6.07) is 1.52. The summed E-state index contributed by atoms with van der Waals surface area (Å²) in [5.41, 5.74) is 0. The van der Waals surface area contributed by atoms with E-state index < -0.39 is 6.10 Å². The van der Waals surface area contributed by atoms with E-state index in [0.717, 1.165) is 6.54 Å². The minimum Gasteiger partial charge on any atom is -0.481 e. The van der Waals surface area contributed by atoms with Crippen LogP contribution in [0.2, 0.25) is 0 Å². The van der Waals surface area contributed by atoms with Crippen LogP contribution in [0.4, 0.5) is 5.95 Å². The molecule has 1 saturated heterocycles. The lowest BCUT2D eigenvalue weighted by atomic mass is 10.0. The van der Waals surface area contributed by atoms with Gasteiger partial charge in [0.05, 0.1) is 25.8 Å². The number of aliphatic hydroxyl groups is 1. The van der Waals surface area contributed by atoms with E-state index in [0.29, 0.717) is 31.3 Å². The molecule has 0 aliphatic carbocycles. The first kappa shape index (κ1) is 16.4. The van der Waals surface area contributed by atoms with Crippen LogP contribution < -0.4 is 10.1 Å². The van der Waals surface area contributed by atoms with Crippen LogP contribution in [0.25, 0.3) is 0 Å². The molecule has 1 amide bonds. The molecule has 2 rings (SSSR count). The number of likely N-dealkylation sites (N-methyl/N-ethyl adjacent to an activating group) is 1. The lowest BCUT2D eigenvalue weighted by Gasteiger charge is -2.36. The minimum atomic E-state index is -0.585. The van der Waals surface area contributed by atoms with Gasteiger partial charge in [0.1, 0.15) is 0 Å². The van der Waals surface area contributed by atoms with E-state index in [9.17, 15) is 9.90 Å². The Morgan fingerprint density at radius 2 is 2.36 bits per heavy atom. The number of aromatic nitrogens is 2. The highest BCUT2D eigenvalue weighted by Gasteiger charge is 2.29. The quantitative estimate of drug-likeness (QED) is 0.752. The van der Waals surface area contributed by atoms with Gasteiger partial charge in [-0.25, -0.2) is 4.98 Å². The smallest absolute Gasteiger partial charge is 0.236 e. The van der Waals surface area contributed by atoms with Gasteiger partial charge in [-0.15, -0.1) is 0 Å². The maximum Gasteiger partial charge on any atom is 0.236 e. The van der Waals surface area contributed by atoms with Crippen LogP contribution >= 0.6 is 0 Å². The molecule has 1 aliphatic rings. The number of hydrogen-bond donors (Lipinski definition) is 2. The van der Waals surface area contributed by atoms with Gasteiger partial charge in [-0.05, 0) is 6.42 Å². The van der Waals surface area contributed by atoms with E-state index in [4.69, 9.17) is 4.74 Å². The maximum absolute atomic E-state index is 11.7. The van der Waals surface area contributed by atoms with Crippen molar-refractivity contribution in [2.24, 2.45) is 0 Å². The number of likely N-dealkylation sites (tertiary alicyclic amines) is 1. The number of carbonyl (C=O) groups is 1. The number of ether oxygens (including phenoxy) is 1. The van der Waals surface area contributed by atoms with Gasteiger partial charge in [0, 0.05) is 39.4 Å². The van der Waals surface area contributed by atoms with E-state index in [-0.39, 0.29) is 11.9 Å². The summed E-state index contributed by atoms with van der Waals surface area (Å²) in [6.07, 6.45) is 1.73. The zero-order chi connectivity index (χ0) is 16.1. The SMILES string of the molecule is COc1ccnc(N[C@@H]2CCN(CC(=O)N(C)C)C[C@H]2O)n1. The second-order valence-corrected chi connectivity index (χ2v) is 5.55. The standard InChI is InChI=1S/C14H23N5O3/c1-18(2)13(21)9-19-7-5-10(11(20)8-19)16-14-15-6-4-12(17-14)22-3/h4,6,10-11,20H,5,7-9H2,1-3H3,(H,15,16,17)/t10-,11-/m1/s1. The fourth-order valence-corrected chi connectivity index (χ4v) is 2.33. The van der Waals surface area contributed by atoms with Crippen molar-refractivity contribution in [1.82, 2.24) is 19.8 Å². The molecule has 0 radical (unpaired) electrons.